The van der Waals surface area contributed by atoms with Crippen LogP contribution in [0.1, 0.15) is 5.56 Å². The molecule has 0 heterocycles. The molecule has 3 N–H and O–H groups in total. The Morgan fingerprint density at radius 2 is 1.95 bits per heavy atom. The van der Waals surface area contributed by atoms with Crippen molar-refractivity contribution in [2.75, 3.05) is 5.75 Å². The van der Waals surface area contributed by atoms with Gasteiger partial charge in [-0.3, -0.25) is 11.3 Å². The highest BCUT2D eigenvalue weighted by atomic mass is 35.5. The molecule has 2 nitrogen and oxygen atoms in total. The van der Waals surface area contributed by atoms with Crippen molar-refractivity contribution in [3.05, 3.63) is 64.7 Å². The van der Waals surface area contributed by atoms with Crippen molar-refractivity contribution in [2.24, 2.45) is 5.84 Å². The normalized spacial score (nSPS) is 12.4. The zero-order valence-electron chi connectivity index (χ0n) is 11.2. The Kier molecular flexibility index (Phi) is 5.99. The fourth-order valence-electron chi connectivity index (χ4n) is 1.89. The number of thioether (sulfide) groups is 1. The van der Waals surface area contributed by atoms with Crippen LogP contribution in [0.4, 0.5) is 8.78 Å². The highest BCUT2D eigenvalue weighted by Crippen LogP contribution is 2.23. The van der Waals surface area contributed by atoms with Gasteiger partial charge in [-0.1, -0.05) is 29.8 Å². The molecule has 2 rings (SSSR count). The van der Waals surface area contributed by atoms with Crippen molar-refractivity contribution in [3.63, 3.8) is 0 Å². The number of benzene rings is 2. The van der Waals surface area contributed by atoms with Crippen molar-refractivity contribution >= 4 is 23.4 Å². The van der Waals surface area contributed by atoms with E-state index in [1.807, 2.05) is 18.2 Å². The van der Waals surface area contributed by atoms with Gasteiger partial charge < -0.3 is 0 Å². The van der Waals surface area contributed by atoms with Gasteiger partial charge in [0.15, 0.2) is 11.6 Å². The number of nitrogens with one attached hydrogen (secondary N) is 1. The van der Waals surface area contributed by atoms with Crippen LogP contribution in [0.25, 0.3) is 0 Å². The van der Waals surface area contributed by atoms with Crippen LogP contribution in [-0.2, 0) is 6.42 Å². The van der Waals surface area contributed by atoms with E-state index in [2.05, 4.69) is 5.43 Å². The standard InChI is InChI=1S/C15H15ClF2N2S/c16-11-4-2-5-13(8-11)21-9-12(20-19)7-10-3-1-6-14(17)15(10)18/h1-6,8,12,20H,7,9,19H2. The maximum Gasteiger partial charge on any atom is 0.162 e. The van der Waals surface area contributed by atoms with Gasteiger partial charge in [-0.05, 0) is 36.2 Å². The molecule has 0 aliphatic rings. The van der Waals surface area contributed by atoms with Crippen molar-refractivity contribution < 1.29 is 8.78 Å². The molecule has 0 radical (unpaired) electrons. The number of rotatable bonds is 6. The number of hydrogen-bond acceptors (Lipinski definition) is 3. The second-order valence-corrected chi connectivity index (χ2v) is 6.08. The predicted octanol–water partition coefficient (Wildman–Crippen LogP) is 3.78. The third kappa shape index (κ3) is 4.68. The lowest BCUT2D eigenvalue weighted by Crippen LogP contribution is -2.38. The molecule has 0 saturated carbocycles. The van der Waals surface area contributed by atoms with Crippen LogP contribution in [0.5, 0.6) is 0 Å². The van der Waals surface area contributed by atoms with Crippen LogP contribution in [0.3, 0.4) is 0 Å². The molecule has 0 aliphatic carbocycles. The van der Waals surface area contributed by atoms with Crippen molar-refractivity contribution in [1.29, 1.82) is 0 Å². The van der Waals surface area contributed by atoms with Gasteiger partial charge in [0.25, 0.3) is 0 Å². The van der Waals surface area contributed by atoms with Gasteiger partial charge in [-0.25, -0.2) is 8.78 Å². The van der Waals surface area contributed by atoms with Gasteiger partial charge in [0.1, 0.15) is 0 Å². The molecule has 21 heavy (non-hydrogen) atoms. The van der Waals surface area contributed by atoms with Gasteiger partial charge in [0, 0.05) is 21.7 Å². The number of halogens is 3. The summed E-state index contributed by atoms with van der Waals surface area (Å²) in [5, 5.41) is 0.661. The molecular weight excluding hydrogens is 314 g/mol. The van der Waals surface area contributed by atoms with Gasteiger partial charge in [0.2, 0.25) is 0 Å². The minimum absolute atomic E-state index is 0.176. The van der Waals surface area contributed by atoms with Gasteiger partial charge in [0.05, 0.1) is 0 Å². The molecule has 0 fully saturated rings. The average Bonchev–Trinajstić information content (AvgIpc) is 2.48. The minimum atomic E-state index is -0.842. The van der Waals surface area contributed by atoms with Crippen LogP contribution < -0.4 is 11.3 Å². The molecule has 0 aliphatic heterocycles. The molecule has 2 aromatic carbocycles. The molecule has 0 aromatic heterocycles. The average molecular weight is 329 g/mol. The highest BCUT2D eigenvalue weighted by molar-refractivity contribution is 7.99. The van der Waals surface area contributed by atoms with Gasteiger partial charge in [-0.2, -0.15) is 0 Å². The van der Waals surface area contributed by atoms with Crippen molar-refractivity contribution in [1.82, 2.24) is 5.43 Å². The minimum Gasteiger partial charge on any atom is -0.271 e. The topological polar surface area (TPSA) is 38.0 Å². The first kappa shape index (κ1) is 16.2. The first-order chi connectivity index (χ1) is 10.1. The molecule has 0 bridgehead atoms. The Morgan fingerprint density at radius 1 is 1.19 bits per heavy atom. The summed E-state index contributed by atoms with van der Waals surface area (Å²) >= 11 is 7.47. The van der Waals surface area contributed by atoms with Crippen molar-refractivity contribution in [3.8, 4) is 0 Å². The summed E-state index contributed by atoms with van der Waals surface area (Å²) in [5.74, 6) is 4.46. The molecule has 0 amide bonds. The molecular formula is C15H15ClF2N2S. The third-order valence-corrected chi connectivity index (χ3v) is 4.37. The number of nitrogens with two attached hydrogens (primary N) is 1. The smallest absolute Gasteiger partial charge is 0.162 e. The summed E-state index contributed by atoms with van der Waals surface area (Å²) in [5.41, 5.74) is 2.95. The fraction of sp³-hybridized carbons (Fsp3) is 0.200. The Bertz CT molecular complexity index is 610. The zero-order valence-corrected chi connectivity index (χ0v) is 12.7. The van der Waals surface area contributed by atoms with Crippen LogP contribution in [0.2, 0.25) is 5.02 Å². The molecule has 112 valence electrons. The van der Waals surface area contributed by atoms with Crippen LogP contribution in [-0.4, -0.2) is 11.8 Å². The molecule has 6 heteroatoms. The summed E-state index contributed by atoms with van der Waals surface area (Å²) in [6.07, 6.45) is 0.313. The maximum atomic E-state index is 13.6. The van der Waals surface area contributed by atoms with Gasteiger partial charge >= 0.3 is 0 Å². The van der Waals surface area contributed by atoms with E-state index in [1.54, 1.807) is 23.9 Å². The quantitative estimate of drug-likeness (QED) is 0.481. The van der Waals surface area contributed by atoms with E-state index in [0.717, 1.165) is 11.0 Å². The molecule has 0 saturated heterocycles. The highest BCUT2D eigenvalue weighted by Gasteiger charge is 2.14. The Labute approximate surface area is 131 Å². The number of hydrazine groups is 1. The summed E-state index contributed by atoms with van der Waals surface area (Å²) in [4.78, 5) is 1.00. The van der Waals surface area contributed by atoms with Gasteiger partial charge in [-0.15, -0.1) is 11.8 Å². The lowest BCUT2D eigenvalue weighted by molar-refractivity contribution is 0.486. The second-order valence-electron chi connectivity index (χ2n) is 4.55. The van der Waals surface area contributed by atoms with E-state index in [4.69, 9.17) is 17.4 Å². The first-order valence-electron chi connectivity index (χ1n) is 6.37. The van der Waals surface area contributed by atoms with E-state index in [-0.39, 0.29) is 6.04 Å². The summed E-state index contributed by atoms with van der Waals surface area (Å²) in [6, 6.07) is 11.4. The molecule has 2 aromatic rings. The second kappa shape index (κ2) is 7.75. The predicted molar refractivity (Wildman–Crippen MR) is 83.3 cm³/mol. The Morgan fingerprint density at radius 3 is 2.67 bits per heavy atom. The van der Waals surface area contributed by atoms with E-state index in [1.165, 1.54) is 6.07 Å². The maximum absolute atomic E-state index is 13.6. The molecule has 1 atom stereocenters. The lowest BCUT2D eigenvalue weighted by Gasteiger charge is -2.16. The van der Waals surface area contributed by atoms with Crippen LogP contribution in [0.15, 0.2) is 47.4 Å². The van der Waals surface area contributed by atoms with E-state index >= 15 is 0 Å². The summed E-state index contributed by atoms with van der Waals surface area (Å²) in [6.45, 7) is 0. The molecule has 0 spiro atoms. The number of hydrogen-bond donors (Lipinski definition) is 2. The first-order valence-corrected chi connectivity index (χ1v) is 7.74. The zero-order chi connectivity index (χ0) is 15.2. The SMILES string of the molecule is NNC(CSc1cccc(Cl)c1)Cc1cccc(F)c1F. The summed E-state index contributed by atoms with van der Waals surface area (Å²) in [7, 11) is 0. The Balaban J connectivity index is 1.99. The molecule has 1 unspecified atom stereocenters. The largest absolute Gasteiger partial charge is 0.271 e. The lowest BCUT2D eigenvalue weighted by atomic mass is 10.1. The van der Waals surface area contributed by atoms with Crippen molar-refractivity contribution in [2.45, 2.75) is 17.4 Å². The van der Waals surface area contributed by atoms with Crippen LogP contribution in [0, 0.1) is 11.6 Å². The van der Waals surface area contributed by atoms with E-state index in [0.29, 0.717) is 22.8 Å². The van der Waals surface area contributed by atoms with E-state index in [9.17, 15) is 8.78 Å². The van der Waals surface area contributed by atoms with E-state index < -0.39 is 11.6 Å². The summed E-state index contributed by atoms with van der Waals surface area (Å²) < 4.78 is 26.8. The monoisotopic (exact) mass is 328 g/mol. The third-order valence-electron chi connectivity index (χ3n) is 2.98. The van der Waals surface area contributed by atoms with Crippen LogP contribution >= 0.6 is 23.4 Å². The Hall–Kier alpha value is -1.14. The fourth-order valence-corrected chi connectivity index (χ4v) is 3.14.